The normalized spacial score (nSPS) is 32.6. The van der Waals surface area contributed by atoms with Crippen molar-refractivity contribution in [2.24, 2.45) is 4.99 Å². The predicted molar refractivity (Wildman–Crippen MR) is 121 cm³/mol. The van der Waals surface area contributed by atoms with Crippen LogP contribution in [0.5, 0.6) is 5.75 Å². The molecule has 0 N–H and O–H groups in total. The van der Waals surface area contributed by atoms with E-state index in [1.807, 2.05) is 35.0 Å². The maximum absolute atomic E-state index is 13.2. The minimum absolute atomic E-state index is 0.00372. The van der Waals surface area contributed by atoms with E-state index in [1.54, 1.807) is 0 Å². The second-order valence-corrected chi connectivity index (χ2v) is 9.57. The number of aliphatic imine (C=N–C) groups is 1. The fourth-order valence-electron chi connectivity index (χ4n) is 5.53. The summed E-state index contributed by atoms with van der Waals surface area (Å²) in [6.07, 6.45) is 6.69. The molecule has 0 spiro atoms. The lowest BCUT2D eigenvalue weighted by molar-refractivity contribution is -0.136. The third kappa shape index (κ3) is 4.33. The van der Waals surface area contributed by atoms with E-state index in [0.717, 1.165) is 63.0 Å². The quantitative estimate of drug-likeness (QED) is 0.673. The molecule has 172 valence electrons. The summed E-state index contributed by atoms with van der Waals surface area (Å²) in [6, 6.07) is 7.70. The van der Waals surface area contributed by atoms with Gasteiger partial charge in [0, 0.05) is 18.8 Å². The molecule has 4 aliphatic heterocycles. The number of fused-ring (bicyclic) bond motifs is 5. The molecule has 3 fully saturated rings. The Morgan fingerprint density at radius 1 is 1.09 bits per heavy atom. The van der Waals surface area contributed by atoms with Gasteiger partial charge in [-0.05, 0) is 69.5 Å². The lowest BCUT2D eigenvalue weighted by atomic mass is 9.82. The van der Waals surface area contributed by atoms with Crippen molar-refractivity contribution in [2.75, 3.05) is 33.4 Å². The Bertz CT molecular complexity index is 893. The van der Waals surface area contributed by atoms with Crippen LogP contribution in [-0.4, -0.2) is 78.9 Å². The Kier molecular flexibility index (Phi) is 6.28. The molecule has 2 bridgehead atoms. The molecule has 1 aromatic carbocycles. The van der Waals surface area contributed by atoms with Crippen LogP contribution >= 0.6 is 0 Å². The van der Waals surface area contributed by atoms with Crippen molar-refractivity contribution in [3.05, 3.63) is 29.8 Å². The Balaban J connectivity index is 1.41. The van der Waals surface area contributed by atoms with Crippen LogP contribution in [0.25, 0.3) is 0 Å². The number of para-hydroxylation sites is 1. The van der Waals surface area contributed by atoms with Crippen molar-refractivity contribution in [1.82, 2.24) is 9.80 Å². The summed E-state index contributed by atoms with van der Waals surface area (Å²) in [5.41, 5.74) is 1.99. The Morgan fingerprint density at radius 2 is 1.91 bits per heavy atom. The van der Waals surface area contributed by atoms with Crippen LogP contribution in [-0.2, 0) is 14.3 Å². The van der Waals surface area contributed by atoms with Crippen molar-refractivity contribution in [3.8, 4) is 5.75 Å². The van der Waals surface area contributed by atoms with E-state index >= 15 is 0 Å². The van der Waals surface area contributed by atoms with E-state index in [0.29, 0.717) is 19.1 Å². The third-order valence-electron chi connectivity index (χ3n) is 7.61. The average Bonchev–Trinajstić information content (AvgIpc) is 2.82. The molecule has 6 rings (SSSR count). The molecular formula is C25H33N3O4. The molecular weight excluding hydrogens is 406 g/mol. The van der Waals surface area contributed by atoms with Crippen LogP contribution in [0, 0.1) is 0 Å². The zero-order valence-corrected chi connectivity index (χ0v) is 18.9. The Labute approximate surface area is 189 Å². The smallest absolute Gasteiger partial charge is 0.263 e. The van der Waals surface area contributed by atoms with Crippen molar-refractivity contribution in [1.29, 1.82) is 0 Å². The summed E-state index contributed by atoms with van der Waals surface area (Å²) in [5, 5.41) is 0. The molecule has 1 aromatic rings. The van der Waals surface area contributed by atoms with Crippen LogP contribution in [0.2, 0.25) is 0 Å². The summed E-state index contributed by atoms with van der Waals surface area (Å²) < 4.78 is 12.4. The lowest BCUT2D eigenvalue weighted by Gasteiger charge is -2.39. The van der Waals surface area contributed by atoms with Crippen molar-refractivity contribution in [2.45, 2.75) is 69.1 Å². The molecule has 32 heavy (non-hydrogen) atoms. The van der Waals surface area contributed by atoms with Crippen LogP contribution in [0.4, 0.5) is 0 Å². The largest absolute Gasteiger partial charge is 0.483 e. The monoisotopic (exact) mass is 439 g/mol. The van der Waals surface area contributed by atoms with E-state index in [1.165, 1.54) is 5.56 Å². The summed E-state index contributed by atoms with van der Waals surface area (Å²) in [7, 11) is 1.95. The molecule has 1 saturated carbocycles. The Morgan fingerprint density at radius 3 is 2.66 bits per heavy atom. The summed E-state index contributed by atoms with van der Waals surface area (Å²) in [6.45, 7) is 1.97. The lowest BCUT2D eigenvalue weighted by Crippen LogP contribution is -2.54. The van der Waals surface area contributed by atoms with Crippen LogP contribution in [0.15, 0.2) is 29.3 Å². The van der Waals surface area contributed by atoms with Crippen molar-refractivity contribution >= 4 is 17.5 Å². The van der Waals surface area contributed by atoms with Gasteiger partial charge < -0.3 is 14.4 Å². The van der Waals surface area contributed by atoms with Crippen LogP contribution in [0.3, 0.4) is 0 Å². The van der Waals surface area contributed by atoms with E-state index in [9.17, 15) is 9.59 Å². The van der Waals surface area contributed by atoms with Crippen LogP contribution in [0.1, 0.15) is 56.4 Å². The van der Waals surface area contributed by atoms with Gasteiger partial charge in [0.15, 0.2) is 6.61 Å². The van der Waals surface area contributed by atoms with Gasteiger partial charge in [-0.2, -0.15) is 0 Å². The fraction of sp³-hybridized carbons (Fsp3) is 0.640. The van der Waals surface area contributed by atoms with Gasteiger partial charge in [-0.25, -0.2) is 4.99 Å². The first-order chi connectivity index (χ1) is 15.6. The number of likely N-dealkylation sites (tertiary alicyclic amines) is 1. The second kappa shape index (κ2) is 9.32. The molecule has 2 amide bonds. The summed E-state index contributed by atoms with van der Waals surface area (Å²) in [4.78, 5) is 34.4. The first kappa shape index (κ1) is 21.6. The summed E-state index contributed by atoms with van der Waals surface area (Å²) >= 11 is 0. The molecule has 1 unspecified atom stereocenters. The highest BCUT2D eigenvalue weighted by molar-refractivity contribution is 6.02. The number of benzene rings is 1. The number of likely N-dealkylation sites (N-methyl/N-ethyl adjacent to an activating group) is 1. The SMILES string of the molecule is CN1CCC1C(=O)N=C1CCCN2C(=O)COc3ccccc3C3CCC(CC3)OC[C@@H]12. The van der Waals surface area contributed by atoms with E-state index in [4.69, 9.17) is 9.47 Å². The maximum Gasteiger partial charge on any atom is 0.263 e. The van der Waals surface area contributed by atoms with Gasteiger partial charge >= 0.3 is 0 Å². The van der Waals surface area contributed by atoms with E-state index < -0.39 is 0 Å². The minimum atomic E-state index is -0.289. The van der Waals surface area contributed by atoms with E-state index in [-0.39, 0.29) is 36.6 Å². The van der Waals surface area contributed by atoms with Gasteiger partial charge in [0.25, 0.3) is 11.8 Å². The third-order valence-corrected chi connectivity index (χ3v) is 7.61. The van der Waals surface area contributed by atoms with Gasteiger partial charge in [0.2, 0.25) is 0 Å². The molecule has 7 heteroatoms. The van der Waals surface area contributed by atoms with Crippen LogP contribution < -0.4 is 4.74 Å². The van der Waals surface area contributed by atoms with E-state index in [2.05, 4.69) is 11.1 Å². The number of rotatable bonds is 1. The zero-order valence-electron chi connectivity index (χ0n) is 18.9. The number of hydrogen-bond acceptors (Lipinski definition) is 5. The molecule has 0 radical (unpaired) electrons. The molecule has 1 aliphatic carbocycles. The topological polar surface area (TPSA) is 71.4 Å². The van der Waals surface area contributed by atoms with Gasteiger partial charge in [0.1, 0.15) is 5.75 Å². The highest BCUT2D eigenvalue weighted by atomic mass is 16.5. The number of piperidine rings is 1. The van der Waals surface area contributed by atoms with Gasteiger partial charge in [-0.1, -0.05) is 18.2 Å². The van der Waals surface area contributed by atoms with Gasteiger partial charge in [-0.15, -0.1) is 0 Å². The molecule has 7 nitrogen and oxygen atoms in total. The average molecular weight is 440 g/mol. The predicted octanol–water partition coefficient (Wildman–Crippen LogP) is 2.78. The maximum atomic E-state index is 13.2. The second-order valence-electron chi connectivity index (χ2n) is 9.57. The molecule has 5 aliphatic rings. The number of ether oxygens (including phenoxy) is 2. The van der Waals surface area contributed by atoms with Crippen molar-refractivity contribution in [3.63, 3.8) is 0 Å². The fourth-order valence-corrected chi connectivity index (χ4v) is 5.53. The number of carbonyl (C=O) groups is 2. The van der Waals surface area contributed by atoms with Gasteiger partial charge in [0.05, 0.1) is 24.8 Å². The molecule has 0 aromatic heterocycles. The minimum Gasteiger partial charge on any atom is -0.483 e. The van der Waals surface area contributed by atoms with Crippen molar-refractivity contribution < 1.29 is 19.1 Å². The number of hydrogen-bond donors (Lipinski definition) is 0. The van der Waals surface area contributed by atoms with Gasteiger partial charge in [-0.3, -0.25) is 14.5 Å². The molecule has 4 heterocycles. The number of carbonyl (C=O) groups excluding carboxylic acids is 2. The molecule has 2 saturated heterocycles. The zero-order chi connectivity index (χ0) is 22.1. The number of nitrogens with zero attached hydrogens (tertiary/aromatic N) is 3. The molecule has 2 atom stereocenters. The first-order valence-electron chi connectivity index (χ1n) is 12.0. The highest BCUT2D eigenvalue weighted by Gasteiger charge is 2.37. The standard InChI is InChI=1S/C25H33N3O4/c1-27-14-12-21(27)25(30)26-20-6-4-13-28-22(20)15-31-18-10-8-17(9-11-18)19-5-2-3-7-23(19)32-16-24(28)29/h2-3,5,7,17-18,21-22H,4,6,8-16H2,1H3/t17?,18?,21?,22-/m0/s1. The summed E-state index contributed by atoms with van der Waals surface area (Å²) in [5.74, 6) is 1.10. The first-order valence-corrected chi connectivity index (χ1v) is 12.0. The highest BCUT2D eigenvalue weighted by Crippen LogP contribution is 2.38. The Hall–Kier alpha value is -2.25. The number of amides is 2.